The average Bonchev–Trinajstić information content (AvgIpc) is 2.45. The van der Waals surface area contributed by atoms with E-state index < -0.39 is 5.97 Å². The summed E-state index contributed by atoms with van der Waals surface area (Å²) >= 11 is 0. The fourth-order valence-electron chi connectivity index (χ4n) is 1.93. The van der Waals surface area contributed by atoms with E-state index in [1.54, 1.807) is 0 Å². The second kappa shape index (κ2) is 6.09. The monoisotopic (exact) mass is 256 g/mol. The molecular formula is C15H16N2O2. The first-order valence-corrected chi connectivity index (χ1v) is 6.32. The highest BCUT2D eigenvalue weighted by Gasteiger charge is 2.11. The van der Waals surface area contributed by atoms with Gasteiger partial charge in [-0.1, -0.05) is 37.3 Å². The molecule has 19 heavy (non-hydrogen) atoms. The number of carbonyl (C=O) groups is 1. The number of aromatic carboxylic acids is 1. The summed E-state index contributed by atoms with van der Waals surface area (Å²) in [5, 5.41) is 9.02. The summed E-state index contributed by atoms with van der Waals surface area (Å²) in [5.74, 6) is -0.267. The summed E-state index contributed by atoms with van der Waals surface area (Å²) in [7, 11) is 0. The van der Waals surface area contributed by atoms with Crippen LogP contribution in [0.3, 0.4) is 0 Å². The number of aromatic nitrogens is 2. The van der Waals surface area contributed by atoms with Gasteiger partial charge in [0.25, 0.3) is 0 Å². The van der Waals surface area contributed by atoms with Gasteiger partial charge in [0.2, 0.25) is 0 Å². The van der Waals surface area contributed by atoms with E-state index in [9.17, 15) is 4.79 Å². The van der Waals surface area contributed by atoms with Crippen LogP contribution in [0.1, 0.15) is 34.4 Å². The lowest BCUT2D eigenvalue weighted by atomic mass is 10.1. The van der Waals surface area contributed by atoms with Crippen molar-refractivity contribution in [3.05, 3.63) is 59.2 Å². The minimum absolute atomic E-state index is 0.200. The van der Waals surface area contributed by atoms with Crippen molar-refractivity contribution in [1.29, 1.82) is 0 Å². The zero-order chi connectivity index (χ0) is 13.7. The SMILES string of the molecule is CCc1nc(CCc2ccccc2)ncc1C(=O)O. The first-order chi connectivity index (χ1) is 9.20. The molecule has 0 saturated heterocycles. The van der Waals surface area contributed by atoms with Crippen molar-refractivity contribution in [2.24, 2.45) is 0 Å². The van der Waals surface area contributed by atoms with E-state index >= 15 is 0 Å². The Morgan fingerprint density at radius 2 is 1.95 bits per heavy atom. The van der Waals surface area contributed by atoms with E-state index in [0.717, 1.165) is 12.8 Å². The van der Waals surface area contributed by atoms with Crippen molar-refractivity contribution >= 4 is 5.97 Å². The predicted molar refractivity (Wildman–Crippen MR) is 72.2 cm³/mol. The summed E-state index contributed by atoms with van der Waals surface area (Å²) in [6.07, 6.45) is 3.59. The molecule has 0 radical (unpaired) electrons. The van der Waals surface area contributed by atoms with Gasteiger partial charge in [0.1, 0.15) is 5.82 Å². The summed E-state index contributed by atoms with van der Waals surface area (Å²) in [5.41, 5.74) is 2.03. The molecule has 0 fully saturated rings. The molecule has 1 aromatic heterocycles. The second-order valence-electron chi connectivity index (χ2n) is 4.29. The van der Waals surface area contributed by atoms with E-state index in [1.165, 1.54) is 11.8 Å². The molecule has 4 heteroatoms. The normalized spacial score (nSPS) is 10.4. The van der Waals surface area contributed by atoms with Crippen molar-refractivity contribution in [1.82, 2.24) is 9.97 Å². The molecule has 0 bridgehead atoms. The second-order valence-corrected chi connectivity index (χ2v) is 4.29. The third-order valence-corrected chi connectivity index (χ3v) is 2.96. The largest absolute Gasteiger partial charge is 0.478 e. The van der Waals surface area contributed by atoms with Gasteiger partial charge < -0.3 is 5.11 Å². The Hall–Kier alpha value is -2.23. The Balaban J connectivity index is 2.11. The van der Waals surface area contributed by atoms with Crippen molar-refractivity contribution in [2.45, 2.75) is 26.2 Å². The van der Waals surface area contributed by atoms with Gasteiger partial charge in [-0.05, 0) is 18.4 Å². The first kappa shape index (κ1) is 13.2. The van der Waals surface area contributed by atoms with Crippen LogP contribution in [-0.4, -0.2) is 21.0 Å². The predicted octanol–water partition coefficient (Wildman–Crippen LogP) is 2.52. The van der Waals surface area contributed by atoms with Gasteiger partial charge in [-0.3, -0.25) is 0 Å². The summed E-state index contributed by atoms with van der Waals surface area (Å²) < 4.78 is 0. The van der Waals surface area contributed by atoms with Crippen LogP contribution in [0.2, 0.25) is 0 Å². The van der Waals surface area contributed by atoms with E-state index in [-0.39, 0.29) is 5.56 Å². The van der Waals surface area contributed by atoms with Gasteiger partial charge in [-0.2, -0.15) is 0 Å². The topological polar surface area (TPSA) is 63.1 Å². The van der Waals surface area contributed by atoms with Gasteiger partial charge in [0.15, 0.2) is 0 Å². The van der Waals surface area contributed by atoms with Crippen LogP contribution < -0.4 is 0 Å². The molecule has 0 aliphatic rings. The molecule has 4 nitrogen and oxygen atoms in total. The molecule has 1 N–H and O–H groups in total. The Kier molecular flexibility index (Phi) is 4.23. The Bertz CT molecular complexity index is 568. The molecule has 0 aliphatic heterocycles. The molecule has 1 aromatic carbocycles. The fourth-order valence-corrected chi connectivity index (χ4v) is 1.93. The van der Waals surface area contributed by atoms with Crippen molar-refractivity contribution in [2.75, 3.05) is 0 Å². The van der Waals surface area contributed by atoms with Gasteiger partial charge in [0.05, 0.1) is 11.3 Å². The smallest absolute Gasteiger partial charge is 0.339 e. The number of hydrogen-bond acceptors (Lipinski definition) is 3. The number of hydrogen-bond donors (Lipinski definition) is 1. The van der Waals surface area contributed by atoms with Gasteiger partial charge in [-0.25, -0.2) is 14.8 Å². The molecule has 2 aromatic rings. The van der Waals surface area contributed by atoms with Crippen LogP contribution in [0.15, 0.2) is 36.5 Å². The maximum Gasteiger partial charge on any atom is 0.339 e. The highest BCUT2D eigenvalue weighted by atomic mass is 16.4. The summed E-state index contributed by atoms with van der Waals surface area (Å²) in [6.45, 7) is 1.90. The number of carboxylic acid groups (broad SMARTS) is 1. The standard InChI is InChI=1S/C15H16N2O2/c1-2-13-12(15(18)19)10-16-14(17-13)9-8-11-6-4-3-5-7-11/h3-7,10H,2,8-9H2,1H3,(H,18,19). The van der Waals surface area contributed by atoms with Crippen LogP contribution >= 0.6 is 0 Å². The average molecular weight is 256 g/mol. The van der Waals surface area contributed by atoms with E-state index in [2.05, 4.69) is 22.1 Å². The van der Waals surface area contributed by atoms with Crippen LogP contribution in [0.4, 0.5) is 0 Å². The number of aryl methyl sites for hydroxylation is 3. The number of benzene rings is 1. The molecule has 98 valence electrons. The van der Waals surface area contributed by atoms with Crippen molar-refractivity contribution in [3.8, 4) is 0 Å². The number of nitrogens with zero attached hydrogens (tertiary/aromatic N) is 2. The summed E-state index contributed by atoms with van der Waals surface area (Å²) in [4.78, 5) is 19.5. The fraction of sp³-hybridized carbons (Fsp3) is 0.267. The van der Waals surface area contributed by atoms with Crippen molar-refractivity contribution < 1.29 is 9.90 Å². The van der Waals surface area contributed by atoms with Crippen LogP contribution in [0.5, 0.6) is 0 Å². The third-order valence-electron chi connectivity index (χ3n) is 2.96. The van der Waals surface area contributed by atoms with E-state index in [0.29, 0.717) is 17.9 Å². The molecule has 2 rings (SSSR count). The molecular weight excluding hydrogens is 240 g/mol. The summed E-state index contributed by atoms with van der Waals surface area (Å²) in [6, 6.07) is 10.1. The Morgan fingerprint density at radius 1 is 1.21 bits per heavy atom. The van der Waals surface area contributed by atoms with Gasteiger partial charge in [0, 0.05) is 12.6 Å². The number of carboxylic acids is 1. The molecule has 1 heterocycles. The quantitative estimate of drug-likeness (QED) is 0.892. The highest BCUT2D eigenvalue weighted by Crippen LogP contribution is 2.09. The van der Waals surface area contributed by atoms with Crippen LogP contribution in [0, 0.1) is 0 Å². The van der Waals surface area contributed by atoms with E-state index in [4.69, 9.17) is 5.11 Å². The lowest BCUT2D eigenvalue weighted by Crippen LogP contribution is -2.09. The minimum atomic E-state index is -0.966. The molecule has 0 saturated carbocycles. The molecule has 0 spiro atoms. The number of rotatable bonds is 5. The van der Waals surface area contributed by atoms with Crippen LogP contribution in [-0.2, 0) is 19.3 Å². The van der Waals surface area contributed by atoms with Crippen LogP contribution in [0.25, 0.3) is 0 Å². The maximum absolute atomic E-state index is 11.0. The lowest BCUT2D eigenvalue weighted by molar-refractivity contribution is 0.0694. The highest BCUT2D eigenvalue weighted by molar-refractivity contribution is 5.88. The Labute approximate surface area is 112 Å². The van der Waals surface area contributed by atoms with Gasteiger partial charge in [-0.15, -0.1) is 0 Å². The van der Waals surface area contributed by atoms with E-state index in [1.807, 2.05) is 25.1 Å². The first-order valence-electron chi connectivity index (χ1n) is 6.32. The zero-order valence-electron chi connectivity index (χ0n) is 10.8. The van der Waals surface area contributed by atoms with Crippen molar-refractivity contribution in [3.63, 3.8) is 0 Å². The molecule has 0 aliphatic carbocycles. The zero-order valence-corrected chi connectivity index (χ0v) is 10.8. The van der Waals surface area contributed by atoms with Gasteiger partial charge >= 0.3 is 5.97 Å². The maximum atomic E-state index is 11.0. The molecule has 0 atom stereocenters. The molecule has 0 amide bonds. The Morgan fingerprint density at radius 3 is 2.58 bits per heavy atom. The lowest BCUT2D eigenvalue weighted by Gasteiger charge is -2.05. The third kappa shape index (κ3) is 3.37. The molecule has 0 unspecified atom stereocenters. The minimum Gasteiger partial charge on any atom is -0.478 e.